The highest BCUT2D eigenvalue weighted by Gasteiger charge is 2.11. The van der Waals surface area contributed by atoms with Gasteiger partial charge in [-0.2, -0.15) is 0 Å². The van der Waals surface area contributed by atoms with E-state index in [1.165, 1.54) is 12.1 Å². The highest BCUT2D eigenvalue weighted by molar-refractivity contribution is 5.88. The van der Waals surface area contributed by atoms with Crippen LogP contribution < -0.4 is 4.74 Å². The molecular weight excluding hydrogens is 259 g/mol. The zero-order chi connectivity index (χ0) is 14.7. The Morgan fingerprint density at radius 1 is 1.20 bits per heavy atom. The summed E-state index contributed by atoms with van der Waals surface area (Å²) in [5.41, 5.74) is 2.42. The summed E-state index contributed by atoms with van der Waals surface area (Å²) in [5, 5.41) is 8.87. The molecule has 0 saturated heterocycles. The first-order chi connectivity index (χ1) is 9.47. The highest BCUT2D eigenvalue weighted by atomic mass is 19.1. The van der Waals surface area contributed by atoms with Crippen molar-refractivity contribution in [3.05, 3.63) is 64.5 Å². The van der Waals surface area contributed by atoms with Gasteiger partial charge >= 0.3 is 5.97 Å². The maximum atomic E-state index is 13.3. The number of hydrogen-bond donors (Lipinski definition) is 1. The van der Waals surface area contributed by atoms with Gasteiger partial charge in [-0.05, 0) is 43.2 Å². The van der Waals surface area contributed by atoms with Crippen LogP contribution in [0.3, 0.4) is 0 Å². The summed E-state index contributed by atoms with van der Waals surface area (Å²) < 4.78 is 18.9. The number of aromatic carboxylic acids is 1. The minimum Gasteiger partial charge on any atom is -0.489 e. The minimum absolute atomic E-state index is 0.199. The van der Waals surface area contributed by atoms with Gasteiger partial charge in [-0.15, -0.1) is 0 Å². The van der Waals surface area contributed by atoms with E-state index in [0.29, 0.717) is 5.56 Å². The van der Waals surface area contributed by atoms with E-state index in [9.17, 15) is 9.18 Å². The van der Waals surface area contributed by atoms with Crippen LogP contribution in [0.1, 0.15) is 27.0 Å². The van der Waals surface area contributed by atoms with Crippen molar-refractivity contribution in [2.24, 2.45) is 0 Å². The number of benzene rings is 2. The summed E-state index contributed by atoms with van der Waals surface area (Å²) >= 11 is 0. The maximum absolute atomic E-state index is 13.3. The Balaban J connectivity index is 2.15. The maximum Gasteiger partial charge on any atom is 0.338 e. The predicted molar refractivity (Wildman–Crippen MR) is 73.6 cm³/mol. The average Bonchev–Trinajstić information content (AvgIpc) is 2.39. The molecule has 0 amide bonds. The summed E-state index contributed by atoms with van der Waals surface area (Å²) in [5.74, 6) is -1.29. The van der Waals surface area contributed by atoms with E-state index < -0.39 is 11.8 Å². The average molecular weight is 274 g/mol. The first-order valence-electron chi connectivity index (χ1n) is 6.19. The van der Waals surface area contributed by atoms with Crippen LogP contribution in [0.2, 0.25) is 0 Å². The molecule has 1 N–H and O–H groups in total. The summed E-state index contributed by atoms with van der Waals surface area (Å²) in [7, 11) is 0. The molecule has 0 atom stereocenters. The van der Waals surface area contributed by atoms with Gasteiger partial charge in [-0.1, -0.05) is 23.8 Å². The Labute approximate surface area is 116 Å². The van der Waals surface area contributed by atoms with Gasteiger partial charge in [0.2, 0.25) is 0 Å². The minimum atomic E-state index is -1.28. The number of hydrogen-bond acceptors (Lipinski definition) is 2. The fourth-order valence-corrected chi connectivity index (χ4v) is 1.95. The molecule has 0 aliphatic rings. The van der Waals surface area contributed by atoms with Crippen LogP contribution in [-0.2, 0) is 6.61 Å². The molecule has 0 saturated carbocycles. The van der Waals surface area contributed by atoms with Crippen LogP contribution in [0.4, 0.5) is 4.39 Å². The largest absolute Gasteiger partial charge is 0.489 e. The second-order valence-electron chi connectivity index (χ2n) is 4.68. The van der Waals surface area contributed by atoms with Crippen LogP contribution >= 0.6 is 0 Å². The van der Waals surface area contributed by atoms with Crippen molar-refractivity contribution < 1.29 is 19.0 Å². The monoisotopic (exact) mass is 274 g/mol. The lowest BCUT2D eigenvalue weighted by Crippen LogP contribution is -2.04. The van der Waals surface area contributed by atoms with Crippen LogP contribution in [0.25, 0.3) is 0 Å². The summed E-state index contributed by atoms with van der Waals surface area (Å²) in [6, 6.07) is 9.77. The number of carboxylic acids is 1. The molecule has 0 aromatic heterocycles. The van der Waals surface area contributed by atoms with Gasteiger partial charge in [-0.25, -0.2) is 9.18 Å². The molecule has 0 aliphatic heterocycles. The van der Waals surface area contributed by atoms with Gasteiger partial charge in [0, 0.05) is 0 Å². The van der Waals surface area contributed by atoms with Crippen LogP contribution in [-0.4, -0.2) is 11.1 Å². The van der Waals surface area contributed by atoms with E-state index in [0.717, 1.165) is 22.9 Å². The third-order valence-electron chi connectivity index (χ3n) is 2.99. The van der Waals surface area contributed by atoms with Gasteiger partial charge in [0.25, 0.3) is 0 Å². The molecule has 0 fully saturated rings. The van der Waals surface area contributed by atoms with E-state index in [4.69, 9.17) is 9.84 Å². The SMILES string of the molecule is Cc1ccc(OCc2ccc(F)c(C(=O)O)c2)c(C)c1. The summed E-state index contributed by atoms with van der Waals surface area (Å²) in [4.78, 5) is 10.9. The summed E-state index contributed by atoms with van der Waals surface area (Å²) in [6.45, 7) is 4.13. The van der Waals surface area contributed by atoms with Crippen LogP contribution in [0.15, 0.2) is 36.4 Å². The van der Waals surface area contributed by atoms with Crippen molar-refractivity contribution in [2.45, 2.75) is 20.5 Å². The Bertz CT molecular complexity index is 650. The molecule has 0 aliphatic carbocycles. The zero-order valence-electron chi connectivity index (χ0n) is 11.3. The molecular formula is C16H15FO3. The molecule has 20 heavy (non-hydrogen) atoms. The summed E-state index contributed by atoms with van der Waals surface area (Å²) in [6.07, 6.45) is 0. The molecule has 4 heteroatoms. The quantitative estimate of drug-likeness (QED) is 0.924. The zero-order valence-corrected chi connectivity index (χ0v) is 11.3. The first kappa shape index (κ1) is 14.1. The topological polar surface area (TPSA) is 46.5 Å². The highest BCUT2D eigenvalue weighted by Crippen LogP contribution is 2.20. The molecule has 2 aromatic rings. The third-order valence-corrected chi connectivity index (χ3v) is 2.99. The van der Waals surface area contributed by atoms with E-state index in [2.05, 4.69) is 0 Å². The Morgan fingerprint density at radius 2 is 1.95 bits per heavy atom. The van der Waals surface area contributed by atoms with Crippen molar-refractivity contribution in [1.82, 2.24) is 0 Å². The van der Waals surface area contributed by atoms with E-state index >= 15 is 0 Å². The van der Waals surface area contributed by atoms with Crippen molar-refractivity contribution >= 4 is 5.97 Å². The molecule has 0 heterocycles. The number of halogens is 1. The Morgan fingerprint density at radius 3 is 2.60 bits per heavy atom. The molecule has 3 nitrogen and oxygen atoms in total. The Hall–Kier alpha value is -2.36. The van der Waals surface area contributed by atoms with Crippen molar-refractivity contribution in [1.29, 1.82) is 0 Å². The number of carbonyl (C=O) groups is 1. The normalized spacial score (nSPS) is 10.3. The Kier molecular flexibility index (Phi) is 4.03. The lowest BCUT2D eigenvalue weighted by molar-refractivity contribution is 0.0691. The van der Waals surface area contributed by atoms with Gasteiger partial charge in [0.1, 0.15) is 18.2 Å². The number of ether oxygens (including phenoxy) is 1. The number of aryl methyl sites for hydroxylation is 2. The lowest BCUT2D eigenvalue weighted by Gasteiger charge is -2.10. The van der Waals surface area contributed by atoms with Crippen molar-refractivity contribution in [3.63, 3.8) is 0 Å². The molecule has 0 bridgehead atoms. The number of carboxylic acid groups (broad SMARTS) is 1. The van der Waals surface area contributed by atoms with Crippen molar-refractivity contribution in [2.75, 3.05) is 0 Å². The fraction of sp³-hybridized carbons (Fsp3) is 0.188. The van der Waals surface area contributed by atoms with E-state index in [-0.39, 0.29) is 12.2 Å². The first-order valence-corrected chi connectivity index (χ1v) is 6.19. The van der Waals surface area contributed by atoms with Gasteiger partial charge in [-0.3, -0.25) is 0 Å². The molecule has 0 radical (unpaired) electrons. The fourth-order valence-electron chi connectivity index (χ4n) is 1.95. The van der Waals surface area contributed by atoms with Gasteiger partial charge in [0.05, 0.1) is 5.56 Å². The second kappa shape index (κ2) is 5.74. The molecule has 2 rings (SSSR count). The second-order valence-corrected chi connectivity index (χ2v) is 4.68. The molecule has 104 valence electrons. The third kappa shape index (κ3) is 3.15. The van der Waals surface area contributed by atoms with Gasteiger partial charge < -0.3 is 9.84 Å². The lowest BCUT2D eigenvalue weighted by atomic mass is 10.1. The number of rotatable bonds is 4. The van der Waals surface area contributed by atoms with E-state index in [1.54, 1.807) is 0 Å². The molecule has 0 unspecified atom stereocenters. The van der Waals surface area contributed by atoms with Crippen LogP contribution in [0, 0.1) is 19.7 Å². The molecule has 0 spiro atoms. The van der Waals surface area contributed by atoms with Crippen molar-refractivity contribution in [3.8, 4) is 5.75 Å². The standard InChI is InChI=1S/C16H15FO3/c1-10-3-6-15(11(2)7-10)20-9-12-4-5-14(17)13(8-12)16(18)19/h3-8H,9H2,1-2H3,(H,18,19). The molecule has 2 aromatic carbocycles. The van der Waals surface area contributed by atoms with Gasteiger partial charge in [0.15, 0.2) is 0 Å². The smallest absolute Gasteiger partial charge is 0.338 e. The van der Waals surface area contributed by atoms with E-state index in [1.807, 2.05) is 32.0 Å². The van der Waals surface area contributed by atoms with Crippen LogP contribution in [0.5, 0.6) is 5.75 Å². The predicted octanol–water partition coefficient (Wildman–Crippen LogP) is 3.72.